The summed E-state index contributed by atoms with van der Waals surface area (Å²) in [5.41, 5.74) is 0. The van der Waals surface area contributed by atoms with Crippen molar-refractivity contribution in [2.75, 3.05) is 0 Å². The third-order valence-corrected chi connectivity index (χ3v) is 4.97. The number of hydrogen-bond acceptors (Lipinski definition) is 0. The Kier molecular flexibility index (Phi) is 17.9. The second-order valence-corrected chi connectivity index (χ2v) is 7.96. The van der Waals surface area contributed by atoms with Crippen LogP contribution in [0.25, 0.3) is 0 Å². The van der Waals surface area contributed by atoms with Gasteiger partial charge >= 0.3 is 0 Å². The number of hydrogen-bond donors (Lipinski definition) is 0. The molecule has 0 aromatic carbocycles. The number of rotatable bonds is 16. The molecule has 0 N–H and O–H groups in total. The standard InChI is InChI=1S/C20H38Cl2/c1-3-20(22)18-16-14-12-10-8-6-4-5-7-9-11-13-15-17-19(2)21/h4,6,19-20H,3,5,7-18H2,1-2H3. The van der Waals surface area contributed by atoms with Crippen molar-refractivity contribution < 1.29 is 0 Å². The van der Waals surface area contributed by atoms with Gasteiger partial charge < -0.3 is 0 Å². The van der Waals surface area contributed by atoms with Crippen LogP contribution in [0.5, 0.6) is 0 Å². The first kappa shape index (κ1) is 22.3. The zero-order valence-electron chi connectivity index (χ0n) is 15.0. The van der Waals surface area contributed by atoms with Crippen LogP contribution in [-0.2, 0) is 0 Å². The van der Waals surface area contributed by atoms with Gasteiger partial charge in [0.25, 0.3) is 0 Å². The highest BCUT2D eigenvalue weighted by atomic mass is 35.5. The van der Waals surface area contributed by atoms with Gasteiger partial charge in [0.2, 0.25) is 0 Å². The summed E-state index contributed by atoms with van der Waals surface area (Å²) < 4.78 is 0. The van der Waals surface area contributed by atoms with Crippen molar-refractivity contribution in [3.63, 3.8) is 0 Å². The van der Waals surface area contributed by atoms with Gasteiger partial charge in [0.15, 0.2) is 0 Å². The SMILES string of the molecule is CCC(Cl)CCCCCCC=CCCCCCCCC(C)Cl. The summed E-state index contributed by atoms with van der Waals surface area (Å²) in [6.07, 6.45) is 22.8. The minimum absolute atomic E-state index is 0.353. The topological polar surface area (TPSA) is 0 Å². The Morgan fingerprint density at radius 1 is 0.682 bits per heavy atom. The highest BCUT2D eigenvalue weighted by Gasteiger charge is 1.99. The molecular formula is C20H38Cl2. The van der Waals surface area contributed by atoms with Crippen molar-refractivity contribution >= 4 is 23.2 Å². The molecule has 0 aromatic rings. The van der Waals surface area contributed by atoms with Crippen molar-refractivity contribution in [3.05, 3.63) is 12.2 Å². The van der Waals surface area contributed by atoms with Gasteiger partial charge in [-0.3, -0.25) is 0 Å². The summed E-state index contributed by atoms with van der Waals surface area (Å²) in [7, 11) is 0. The van der Waals surface area contributed by atoms with Crippen molar-refractivity contribution in [1.82, 2.24) is 0 Å². The van der Waals surface area contributed by atoms with Crippen LogP contribution >= 0.6 is 23.2 Å². The molecule has 0 saturated heterocycles. The fourth-order valence-corrected chi connectivity index (χ4v) is 2.95. The molecule has 0 aromatic heterocycles. The zero-order chi connectivity index (χ0) is 16.5. The second-order valence-electron chi connectivity index (χ2n) is 6.59. The molecule has 22 heavy (non-hydrogen) atoms. The minimum Gasteiger partial charge on any atom is -0.123 e. The molecule has 132 valence electrons. The molecule has 0 nitrogen and oxygen atoms in total. The van der Waals surface area contributed by atoms with Crippen LogP contribution in [0.2, 0.25) is 0 Å². The molecular weight excluding hydrogens is 311 g/mol. The molecule has 0 bridgehead atoms. The van der Waals surface area contributed by atoms with E-state index in [1.54, 1.807) is 0 Å². The van der Waals surface area contributed by atoms with E-state index in [1.807, 2.05) is 0 Å². The Balaban J connectivity index is 3.12. The Labute approximate surface area is 150 Å². The van der Waals surface area contributed by atoms with Gasteiger partial charge in [-0.15, -0.1) is 23.2 Å². The average molecular weight is 349 g/mol. The number of alkyl halides is 2. The molecule has 0 saturated carbocycles. The number of unbranched alkanes of at least 4 members (excludes halogenated alkanes) is 9. The van der Waals surface area contributed by atoms with E-state index >= 15 is 0 Å². The lowest BCUT2D eigenvalue weighted by molar-refractivity contribution is 0.591. The Morgan fingerprint density at radius 2 is 1.14 bits per heavy atom. The van der Waals surface area contributed by atoms with Crippen LogP contribution in [0.15, 0.2) is 12.2 Å². The fourth-order valence-electron chi connectivity index (χ4n) is 2.64. The molecule has 0 amide bonds. The van der Waals surface area contributed by atoms with E-state index < -0.39 is 0 Å². The first-order chi connectivity index (χ1) is 10.7. The highest BCUT2D eigenvalue weighted by Crippen LogP contribution is 2.14. The van der Waals surface area contributed by atoms with Gasteiger partial charge in [-0.05, 0) is 51.9 Å². The molecule has 2 heteroatoms. The van der Waals surface area contributed by atoms with Crippen LogP contribution in [0, 0.1) is 0 Å². The maximum Gasteiger partial charge on any atom is 0.0333 e. The van der Waals surface area contributed by atoms with E-state index in [0.29, 0.717) is 10.8 Å². The lowest BCUT2D eigenvalue weighted by Gasteiger charge is -2.04. The van der Waals surface area contributed by atoms with Crippen molar-refractivity contribution in [2.45, 2.75) is 114 Å². The predicted octanol–water partition coefficient (Wildman–Crippen LogP) is 8.26. The summed E-state index contributed by atoms with van der Waals surface area (Å²) in [6.45, 7) is 4.26. The van der Waals surface area contributed by atoms with Crippen molar-refractivity contribution in [1.29, 1.82) is 0 Å². The summed E-state index contributed by atoms with van der Waals surface area (Å²) in [5, 5.41) is 0.754. The third kappa shape index (κ3) is 18.4. The monoisotopic (exact) mass is 348 g/mol. The summed E-state index contributed by atoms with van der Waals surface area (Å²) >= 11 is 12.0. The maximum atomic E-state index is 6.11. The normalized spacial score (nSPS) is 14.5. The van der Waals surface area contributed by atoms with Crippen LogP contribution in [0.3, 0.4) is 0 Å². The van der Waals surface area contributed by atoms with Gasteiger partial charge in [0, 0.05) is 10.8 Å². The second kappa shape index (κ2) is 17.7. The number of allylic oxidation sites excluding steroid dienone is 2. The quantitative estimate of drug-likeness (QED) is 0.149. The first-order valence-corrected chi connectivity index (χ1v) is 10.5. The largest absolute Gasteiger partial charge is 0.123 e. The molecule has 0 aliphatic heterocycles. The first-order valence-electron chi connectivity index (χ1n) is 9.60. The average Bonchev–Trinajstić information content (AvgIpc) is 2.50. The zero-order valence-corrected chi connectivity index (χ0v) is 16.5. The Hall–Kier alpha value is 0.320. The molecule has 0 aliphatic carbocycles. The van der Waals surface area contributed by atoms with Gasteiger partial charge in [0.1, 0.15) is 0 Å². The third-order valence-electron chi connectivity index (χ3n) is 4.22. The molecule has 0 radical (unpaired) electrons. The molecule has 2 unspecified atom stereocenters. The van der Waals surface area contributed by atoms with E-state index in [2.05, 4.69) is 26.0 Å². The fraction of sp³-hybridized carbons (Fsp3) is 0.900. The lowest BCUT2D eigenvalue weighted by atomic mass is 10.1. The lowest BCUT2D eigenvalue weighted by Crippen LogP contribution is -1.94. The van der Waals surface area contributed by atoms with E-state index in [4.69, 9.17) is 23.2 Å². The summed E-state index contributed by atoms with van der Waals surface area (Å²) in [5.74, 6) is 0. The maximum absolute atomic E-state index is 6.11. The predicted molar refractivity (Wildman–Crippen MR) is 104 cm³/mol. The van der Waals surface area contributed by atoms with Gasteiger partial charge in [0.05, 0.1) is 0 Å². The van der Waals surface area contributed by atoms with Crippen molar-refractivity contribution in [3.8, 4) is 0 Å². The van der Waals surface area contributed by atoms with Crippen LogP contribution in [-0.4, -0.2) is 10.8 Å². The molecule has 0 spiro atoms. The highest BCUT2D eigenvalue weighted by molar-refractivity contribution is 6.20. The van der Waals surface area contributed by atoms with Gasteiger partial charge in [-0.25, -0.2) is 0 Å². The van der Waals surface area contributed by atoms with Crippen LogP contribution < -0.4 is 0 Å². The summed E-state index contributed by atoms with van der Waals surface area (Å²) in [4.78, 5) is 0. The van der Waals surface area contributed by atoms with Crippen LogP contribution in [0.1, 0.15) is 104 Å². The van der Waals surface area contributed by atoms with E-state index in [9.17, 15) is 0 Å². The molecule has 0 heterocycles. The van der Waals surface area contributed by atoms with E-state index in [0.717, 1.165) is 6.42 Å². The number of halogens is 2. The molecule has 0 fully saturated rings. The van der Waals surface area contributed by atoms with E-state index in [-0.39, 0.29) is 0 Å². The molecule has 0 rings (SSSR count). The van der Waals surface area contributed by atoms with Gasteiger partial charge in [-0.1, -0.05) is 64.0 Å². The van der Waals surface area contributed by atoms with Crippen molar-refractivity contribution in [2.24, 2.45) is 0 Å². The molecule has 2 atom stereocenters. The minimum atomic E-state index is 0.353. The molecule has 0 aliphatic rings. The Bertz CT molecular complexity index is 236. The van der Waals surface area contributed by atoms with Crippen LogP contribution in [0.4, 0.5) is 0 Å². The smallest absolute Gasteiger partial charge is 0.0333 e. The van der Waals surface area contributed by atoms with E-state index in [1.165, 1.54) is 83.5 Å². The summed E-state index contributed by atoms with van der Waals surface area (Å²) in [6, 6.07) is 0. The van der Waals surface area contributed by atoms with Gasteiger partial charge in [-0.2, -0.15) is 0 Å². The Morgan fingerprint density at radius 3 is 1.64 bits per heavy atom.